The van der Waals surface area contributed by atoms with Gasteiger partial charge in [-0.2, -0.15) is 0 Å². The Kier molecular flexibility index (Phi) is 2.01. The van der Waals surface area contributed by atoms with Gasteiger partial charge in [-0.1, -0.05) is 24.3 Å². The van der Waals surface area contributed by atoms with Gasteiger partial charge in [0.1, 0.15) is 0 Å². The van der Waals surface area contributed by atoms with E-state index in [0.717, 1.165) is 0 Å². The van der Waals surface area contributed by atoms with Crippen LogP contribution in [0.15, 0.2) is 36.4 Å². The number of hydrogen-bond acceptors (Lipinski definition) is 4. The molecule has 0 aromatic heterocycles. The topological polar surface area (TPSA) is 93.0 Å². The number of carbonyl (C=O) groups is 1. The maximum absolute atomic E-state index is 12.4. The van der Waals surface area contributed by atoms with E-state index in [1.807, 2.05) is 0 Å². The number of nitrogens with two attached hydrogens (primary N) is 2. The quantitative estimate of drug-likeness (QED) is 0.520. The zero-order chi connectivity index (χ0) is 12.9. The van der Waals surface area contributed by atoms with E-state index in [1.165, 1.54) is 0 Å². The van der Waals surface area contributed by atoms with E-state index in [2.05, 4.69) is 0 Å². The van der Waals surface area contributed by atoms with Crippen molar-refractivity contribution in [1.29, 1.82) is 5.41 Å². The molecule has 0 amide bonds. The lowest BCUT2D eigenvalue weighted by molar-refractivity contribution is 0.103. The Morgan fingerprint density at radius 3 is 2.06 bits per heavy atom. The molecule has 0 unspecified atom stereocenters. The lowest BCUT2D eigenvalue weighted by atomic mass is 9.82. The first-order chi connectivity index (χ1) is 8.61. The number of ketones is 1. The van der Waals surface area contributed by atoms with Gasteiger partial charge in [0.05, 0.1) is 11.3 Å². The molecule has 0 spiro atoms. The molecular weight excluding hydrogens is 226 g/mol. The van der Waals surface area contributed by atoms with Gasteiger partial charge in [0.2, 0.25) is 0 Å². The van der Waals surface area contributed by atoms with Crippen LogP contribution in [-0.2, 0) is 0 Å². The van der Waals surface area contributed by atoms with E-state index in [0.29, 0.717) is 33.6 Å². The van der Waals surface area contributed by atoms with Crippen LogP contribution >= 0.6 is 0 Å². The lowest BCUT2D eigenvalue weighted by Crippen LogP contribution is -2.23. The summed E-state index contributed by atoms with van der Waals surface area (Å²) in [6, 6.07) is 10.3. The molecule has 3 rings (SSSR count). The monoisotopic (exact) mass is 237 g/mol. The van der Waals surface area contributed by atoms with E-state index in [9.17, 15) is 4.79 Å². The van der Waals surface area contributed by atoms with Gasteiger partial charge < -0.3 is 11.5 Å². The molecule has 0 heterocycles. The second kappa shape index (κ2) is 3.43. The third-order valence-electron chi connectivity index (χ3n) is 3.19. The molecule has 4 heteroatoms. The second-order valence-electron chi connectivity index (χ2n) is 4.24. The van der Waals surface area contributed by atoms with Gasteiger partial charge in [0.15, 0.2) is 5.78 Å². The van der Waals surface area contributed by atoms with E-state index in [4.69, 9.17) is 16.9 Å². The molecule has 1 aliphatic carbocycles. The van der Waals surface area contributed by atoms with Crippen LogP contribution in [0.3, 0.4) is 0 Å². The Morgan fingerprint density at radius 1 is 0.833 bits per heavy atom. The van der Waals surface area contributed by atoms with Crippen LogP contribution in [0.1, 0.15) is 27.0 Å². The number of rotatable bonds is 0. The SMILES string of the molecule is N=C1c2ccccc2C(=O)c2c(N)ccc(N)c21. The van der Waals surface area contributed by atoms with Crippen LogP contribution in [0, 0.1) is 5.41 Å². The minimum atomic E-state index is -0.165. The van der Waals surface area contributed by atoms with Gasteiger partial charge >= 0.3 is 0 Å². The molecule has 0 radical (unpaired) electrons. The standard InChI is InChI=1S/C14H11N3O/c15-9-5-6-10(16)12-11(9)13(17)7-3-1-2-4-8(7)14(12)18/h1-6,17H,15-16H2. The maximum Gasteiger partial charge on any atom is 0.196 e. The molecule has 0 saturated carbocycles. The van der Waals surface area contributed by atoms with Gasteiger partial charge in [-0.3, -0.25) is 10.2 Å². The van der Waals surface area contributed by atoms with Crippen molar-refractivity contribution in [3.8, 4) is 0 Å². The second-order valence-corrected chi connectivity index (χ2v) is 4.24. The smallest absolute Gasteiger partial charge is 0.196 e. The summed E-state index contributed by atoms with van der Waals surface area (Å²) in [4.78, 5) is 12.4. The average molecular weight is 237 g/mol. The minimum Gasteiger partial charge on any atom is -0.398 e. The van der Waals surface area contributed by atoms with Gasteiger partial charge in [-0.25, -0.2) is 0 Å². The molecule has 0 bridgehead atoms. The van der Waals surface area contributed by atoms with Crippen molar-refractivity contribution in [2.45, 2.75) is 0 Å². The molecule has 5 N–H and O–H groups in total. The van der Waals surface area contributed by atoms with Gasteiger partial charge in [-0.05, 0) is 12.1 Å². The van der Waals surface area contributed by atoms with Crippen molar-refractivity contribution >= 4 is 22.9 Å². The Balaban J connectivity index is 2.41. The highest BCUT2D eigenvalue weighted by atomic mass is 16.1. The number of anilines is 2. The number of nitrogens with one attached hydrogen (secondary N) is 1. The zero-order valence-corrected chi connectivity index (χ0v) is 9.53. The summed E-state index contributed by atoms with van der Waals surface area (Å²) in [7, 11) is 0. The van der Waals surface area contributed by atoms with E-state index < -0.39 is 0 Å². The number of hydrogen-bond donors (Lipinski definition) is 3. The third-order valence-corrected chi connectivity index (χ3v) is 3.19. The van der Waals surface area contributed by atoms with Crippen LogP contribution in [0.2, 0.25) is 0 Å². The normalized spacial score (nSPS) is 13.1. The molecular formula is C14H11N3O. The molecule has 0 atom stereocenters. The van der Waals surface area contributed by atoms with E-state index >= 15 is 0 Å². The van der Waals surface area contributed by atoms with Crippen molar-refractivity contribution in [2.24, 2.45) is 0 Å². The fraction of sp³-hybridized carbons (Fsp3) is 0. The highest BCUT2D eigenvalue weighted by molar-refractivity contribution is 6.32. The van der Waals surface area contributed by atoms with Crippen molar-refractivity contribution in [2.75, 3.05) is 11.5 Å². The molecule has 88 valence electrons. The van der Waals surface area contributed by atoms with Crippen molar-refractivity contribution in [3.63, 3.8) is 0 Å². The summed E-state index contributed by atoms with van der Waals surface area (Å²) in [5, 5.41) is 8.19. The van der Waals surface area contributed by atoms with Gasteiger partial charge in [0.25, 0.3) is 0 Å². The van der Waals surface area contributed by atoms with Gasteiger partial charge in [-0.15, -0.1) is 0 Å². The van der Waals surface area contributed by atoms with Crippen LogP contribution in [0.25, 0.3) is 0 Å². The Morgan fingerprint density at radius 2 is 1.39 bits per heavy atom. The first-order valence-electron chi connectivity index (χ1n) is 5.52. The van der Waals surface area contributed by atoms with Crippen LogP contribution in [0.4, 0.5) is 11.4 Å². The minimum absolute atomic E-state index is 0.165. The number of benzene rings is 2. The largest absolute Gasteiger partial charge is 0.398 e. The molecule has 4 nitrogen and oxygen atoms in total. The Labute approximate surface area is 104 Å². The number of carbonyl (C=O) groups excluding carboxylic acids is 1. The van der Waals surface area contributed by atoms with Crippen molar-refractivity contribution in [1.82, 2.24) is 0 Å². The highest BCUT2D eigenvalue weighted by Gasteiger charge is 2.30. The van der Waals surface area contributed by atoms with Crippen LogP contribution in [0.5, 0.6) is 0 Å². The fourth-order valence-electron chi connectivity index (χ4n) is 2.32. The summed E-state index contributed by atoms with van der Waals surface area (Å²) < 4.78 is 0. The predicted molar refractivity (Wildman–Crippen MR) is 71.1 cm³/mol. The van der Waals surface area contributed by atoms with Crippen molar-refractivity contribution in [3.05, 3.63) is 58.7 Å². The predicted octanol–water partition coefficient (Wildman–Crippen LogP) is 1.81. The molecule has 18 heavy (non-hydrogen) atoms. The lowest BCUT2D eigenvalue weighted by Gasteiger charge is -2.22. The molecule has 2 aromatic rings. The first kappa shape index (κ1) is 10.5. The third kappa shape index (κ3) is 1.20. The van der Waals surface area contributed by atoms with E-state index in [1.54, 1.807) is 36.4 Å². The maximum atomic E-state index is 12.4. The summed E-state index contributed by atoms with van der Waals surface area (Å²) >= 11 is 0. The Bertz CT molecular complexity index is 644. The van der Waals surface area contributed by atoms with Crippen LogP contribution in [-0.4, -0.2) is 11.5 Å². The highest BCUT2D eigenvalue weighted by Crippen LogP contribution is 2.33. The van der Waals surface area contributed by atoms with Gasteiger partial charge in [0, 0.05) is 28.1 Å². The molecule has 2 aromatic carbocycles. The summed E-state index contributed by atoms with van der Waals surface area (Å²) in [5.74, 6) is -0.165. The molecule has 0 saturated heterocycles. The van der Waals surface area contributed by atoms with Crippen LogP contribution < -0.4 is 11.5 Å². The summed E-state index contributed by atoms with van der Waals surface area (Å²) in [5.41, 5.74) is 14.6. The Hall–Kier alpha value is -2.62. The average Bonchev–Trinajstić information content (AvgIpc) is 2.38. The number of fused-ring (bicyclic) bond motifs is 2. The molecule has 0 aliphatic heterocycles. The molecule has 1 aliphatic rings. The zero-order valence-electron chi connectivity index (χ0n) is 9.53. The summed E-state index contributed by atoms with van der Waals surface area (Å²) in [6.45, 7) is 0. The fourth-order valence-corrected chi connectivity index (χ4v) is 2.32. The molecule has 0 fully saturated rings. The summed E-state index contributed by atoms with van der Waals surface area (Å²) in [6.07, 6.45) is 0. The van der Waals surface area contributed by atoms with E-state index in [-0.39, 0.29) is 11.5 Å². The number of nitrogen functional groups attached to an aromatic ring is 2. The van der Waals surface area contributed by atoms with Crippen molar-refractivity contribution < 1.29 is 4.79 Å². The first-order valence-corrected chi connectivity index (χ1v) is 5.52.